The van der Waals surface area contributed by atoms with Gasteiger partial charge in [-0.25, -0.2) is 4.98 Å². The third kappa shape index (κ3) is 2.25. The molecule has 16 heavy (non-hydrogen) atoms. The number of thiazole rings is 1. The van der Waals surface area contributed by atoms with Crippen molar-refractivity contribution in [3.63, 3.8) is 0 Å². The first kappa shape index (κ1) is 11.5. The van der Waals surface area contributed by atoms with Gasteiger partial charge in [0, 0.05) is 12.6 Å². The molecule has 1 aromatic heterocycles. The molecule has 1 amide bonds. The third-order valence-electron chi connectivity index (χ3n) is 2.95. The summed E-state index contributed by atoms with van der Waals surface area (Å²) in [6.45, 7) is 2.35. The molecule has 0 aromatic carbocycles. The minimum atomic E-state index is 0.0179. The van der Waals surface area contributed by atoms with Gasteiger partial charge in [-0.2, -0.15) is 0 Å². The van der Waals surface area contributed by atoms with Crippen LogP contribution in [0.25, 0.3) is 0 Å². The van der Waals surface area contributed by atoms with E-state index < -0.39 is 0 Å². The standard InChI is InChI=1S/C11H16N2O2S/c1-8-12-7-10(16-8)11(15)13(5-6-14)9-3-2-4-9/h7,9,14H,2-6H2,1H3. The predicted molar refractivity (Wildman–Crippen MR) is 62.6 cm³/mol. The van der Waals surface area contributed by atoms with Gasteiger partial charge < -0.3 is 10.0 Å². The van der Waals surface area contributed by atoms with Crippen LogP contribution in [0.4, 0.5) is 0 Å². The quantitative estimate of drug-likeness (QED) is 0.866. The van der Waals surface area contributed by atoms with Crippen LogP contribution >= 0.6 is 11.3 Å². The maximum atomic E-state index is 12.2. The Bertz CT molecular complexity index is 374. The Morgan fingerprint density at radius 1 is 1.69 bits per heavy atom. The van der Waals surface area contributed by atoms with Crippen molar-refractivity contribution in [2.75, 3.05) is 13.2 Å². The topological polar surface area (TPSA) is 53.4 Å². The largest absolute Gasteiger partial charge is 0.395 e. The Balaban J connectivity index is 2.09. The van der Waals surface area contributed by atoms with Gasteiger partial charge in [0.2, 0.25) is 0 Å². The van der Waals surface area contributed by atoms with Gasteiger partial charge in [-0.3, -0.25) is 4.79 Å². The Hall–Kier alpha value is -0.940. The minimum absolute atomic E-state index is 0.0179. The molecule has 0 aliphatic heterocycles. The first-order valence-corrected chi connectivity index (χ1v) is 6.38. The van der Waals surface area contributed by atoms with E-state index in [0.29, 0.717) is 17.5 Å². The lowest BCUT2D eigenvalue weighted by atomic mass is 9.91. The molecule has 1 heterocycles. The molecule has 0 radical (unpaired) electrons. The highest BCUT2D eigenvalue weighted by molar-refractivity contribution is 7.13. The molecular weight excluding hydrogens is 224 g/mol. The van der Waals surface area contributed by atoms with Crippen LogP contribution in [-0.4, -0.2) is 40.1 Å². The molecule has 0 bridgehead atoms. The molecule has 0 saturated heterocycles. The molecule has 0 atom stereocenters. The average molecular weight is 240 g/mol. The van der Waals surface area contributed by atoms with E-state index in [-0.39, 0.29) is 12.5 Å². The van der Waals surface area contributed by atoms with Crippen LogP contribution < -0.4 is 0 Å². The van der Waals surface area contributed by atoms with Crippen molar-refractivity contribution < 1.29 is 9.90 Å². The Morgan fingerprint density at radius 2 is 2.44 bits per heavy atom. The molecule has 1 fully saturated rings. The fourth-order valence-corrected chi connectivity index (χ4v) is 2.59. The van der Waals surface area contributed by atoms with Crippen molar-refractivity contribution >= 4 is 17.2 Å². The number of carbonyl (C=O) groups excluding carboxylic acids is 1. The molecule has 0 spiro atoms. The maximum absolute atomic E-state index is 12.2. The molecule has 1 aliphatic carbocycles. The van der Waals surface area contributed by atoms with Crippen LogP contribution in [0.15, 0.2) is 6.20 Å². The number of aliphatic hydroxyl groups excluding tert-OH is 1. The zero-order valence-corrected chi connectivity index (χ0v) is 10.2. The number of hydrogen-bond donors (Lipinski definition) is 1. The molecule has 0 unspecified atom stereocenters. The van der Waals surface area contributed by atoms with Gasteiger partial charge in [0.25, 0.3) is 5.91 Å². The van der Waals surface area contributed by atoms with Crippen LogP contribution in [0.2, 0.25) is 0 Å². The molecule has 4 nitrogen and oxygen atoms in total. The molecule has 1 saturated carbocycles. The summed E-state index contributed by atoms with van der Waals surface area (Å²) in [6.07, 6.45) is 4.93. The number of carbonyl (C=O) groups is 1. The average Bonchev–Trinajstić information content (AvgIpc) is 2.60. The van der Waals surface area contributed by atoms with Gasteiger partial charge in [-0.15, -0.1) is 11.3 Å². The van der Waals surface area contributed by atoms with E-state index in [1.54, 1.807) is 11.1 Å². The summed E-state index contributed by atoms with van der Waals surface area (Å²) in [6, 6.07) is 0.321. The van der Waals surface area contributed by atoms with Crippen LogP contribution in [0.5, 0.6) is 0 Å². The number of aryl methyl sites for hydroxylation is 1. The maximum Gasteiger partial charge on any atom is 0.265 e. The van der Waals surface area contributed by atoms with Gasteiger partial charge >= 0.3 is 0 Å². The lowest BCUT2D eigenvalue weighted by Gasteiger charge is -2.36. The predicted octanol–water partition coefficient (Wildman–Crippen LogP) is 1.44. The van der Waals surface area contributed by atoms with Crippen molar-refractivity contribution in [2.24, 2.45) is 0 Å². The molecule has 1 aliphatic rings. The van der Waals surface area contributed by atoms with Crippen LogP contribution in [-0.2, 0) is 0 Å². The van der Waals surface area contributed by atoms with Gasteiger partial charge in [-0.1, -0.05) is 0 Å². The summed E-state index contributed by atoms with van der Waals surface area (Å²) in [7, 11) is 0. The summed E-state index contributed by atoms with van der Waals surface area (Å²) in [4.78, 5) is 18.7. The molecule has 88 valence electrons. The second kappa shape index (κ2) is 4.93. The molecular formula is C11H16N2O2S. The normalized spacial score (nSPS) is 15.9. The van der Waals surface area contributed by atoms with Gasteiger partial charge in [0.1, 0.15) is 4.88 Å². The SMILES string of the molecule is Cc1ncc(C(=O)N(CCO)C2CCC2)s1. The van der Waals surface area contributed by atoms with E-state index in [9.17, 15) is 4.79 Å². The summed E-state index contributed by atoms with van der Waals surface area (Å²) in [5, 5.41) is 9.90. The van der Waals surface area contributed by atoms with Crippen LogP contribution in [0, 0.1) is 6.92 Å². The minimum Gasteiger partial charge on any atom is -0.395 e. The number of aromatic nitrogens is 1. The first-order valence-electron chi connectivity index (χ1n) is 5.56. The van der Waals surface area contributed by atoms with Crippen molar-refractivity contribution in [2.45, 2.75) is 32.2 Å². The van der Waals surface area contributed by atoms with Crippen molar-refractivity contribution in [1.82, 2.24) is 9.88 Å². The highest BCUT2D eigenvalue weighted by Crippen LogP contribution is 2.27. The monoisotopic (exact) mass is 240 g/mol. The van der Waals surface area contributed by atoms with Crippen LogP contribution in [0.3, 0.4) is 0 Å². The van der Waals surface area contributed by atoms with Crippen molar-refractivity contribution in [3.05, 3.63) is 16.1 Å². The third-order valence-corrected chi connectivity index (χ3v) is 3.85. The lowest BCUT2D eigenvalue weighted by molar-refractivity contribution is 0.0530. The van der Waals surface area contributed by atoms with Gasteiger partial charge in [0.05, 0.1) is 17.8 Å². The fraction of sp³-hybridized carbons (Fsp3) is 0.636. The zero-order chi connectivity index (χ0) is 11.5. The van der Waals surface area contributed by atoms with E-state index >= 15 is 0 Å². The van der Waals surface area contributed by atoms with E-state index in [1.165, 1.54) is 17.8 Å². The number of amides is 1. The molecule has 2 rings (SSSR count). The highest BCUT2D eigenvalue weighted by atomic mass is 32.1. The van der Waals surface area contributed by atoms with E-state index in [0.717, 1.165) is 17.8 Å². The van der Waals surface area contributed by atoms with E-state index in [4.69, 9.17) is 5.11 Å². The number of hydrogen-bond acceptors (Lipinski definition) is 4. The highest BCUT2D eigenvalue weighted by Gasteiger charge is 2.29. The first-order chi connectivity index (χ1) is 7.72. The summed E-state index contributed by atoms with van der Waals surface area (Å²) in [5.74, 6) is 0.0179. The molecule has 5 heteroatoms. The van der Waals surface area contributed by atoms with E-state index in [1.807, 2.05) is 6.92 Å². The zero-order valence-electron chi connectivity index (χ0n) is 9.35. The number of aliphatic hydroxyl groups is 1. The molecule has 1 N–H and O–H groups in total. The lowest BCUT2D eigenvalue weighted by Crippen LogP contribution is -2.45. The Kier molecular flexibility index (Phi) is 3.56. The van der Waals surface area contributed by atoms with Crippen LogP contribution in [0.1, 0.15) is 33.9 Å². The van der Waals surface area contributed by atoms with Crippen molar-refractivity contribution in [1.29, 1.82) is 0 Å². The van der Waals surface area contributed by atoms with Gasteiger partial charge in [-0.05, 0) is 26.2 Å². The second-order valence-electron chi connectivity index (χ2n) is 4.05. The van der Waals surface area contributed by atoms with Gasteiger partial charge in [0.15, 0.2) is 0 Å². The Morgan fingerprint density at radius 3 is 2.88 bits per heavy atom. The van der Waals surface area contributed by atoms with E-state index in [2.05, 4.69) is 4.98 Å². The second-order valence-corrected chi connectivity index (χ2v) is 5.29. The number of nitrogens with zero attached hydrogens (tertiary/aromatic N) is 2. The number of rotatable bonds is 4. The summed E-state index contributed by atoms with van der Waals surface area (Å²) in [5.41, 5.74) is 0. The molecule has 1 aromatic rings. The van der Waals surface area contributed by atoms with Crippen molar-refractivity contribution in [3.8, 4) is 0 Å². The smallest absolute Gasteiger partial charge is 0.265 e. The Labute approximate surface area is 98.9 Å². The summed E-state index contributed by atoms with van der Waals surface area (Å²) >= 11 is 1.42. The summed E-state index contributed by atoms with van der Waals surface area (Å²) < 4.78 is 0. The fourth-order valence-electron chi connectivity index (χ4n) is 1.86.